The van der Waals surface area contributed by atoms with E-state index in [4.69, 9.17) is 0 Å². The normalized spacial score (nSPS) is 34.2. The zero-order chi connectivity index (χ0) is 16.7. The lowest BCUT2D eigenvalue weighted by Crippen LogP contribution is -2.57. The minimum atomic E-state index is -3.00. The third kappa shape index (κ3) is 3.52. The fraction of sp³-hybridized carbons (Fsp3) is 0.941. The molecular formula is C17H31N3O2S. The molecule has 2 aliphatic carbocycles. The summed E-state index contributed by atoms with van der Waals surface area (Å²) >= 11 is 0. The molecule has 1 aliphatic heterocycles. The molecule has 1 heterocycles. The van der Waals surface area contributed by atoms with Crippen LogP contribution in [0.25, 0.3) is 0 Å². The molecule has 3 fully saturated rings. The summed E-state index contributed by atoms with van der Waals surface area (Å²) in [6, 6.07) is 0.540. The number of nitrogens with one attached hydrogen (secondary N) is 1. The van der Waals surface area contributed by atoms with Crippen molar-refractivity contribution in [3.63, 3.8) is 0 Å². The fourth-order valence-electron chi connectivity index (χ4n) is 4.25. The number of sulfone groups is 1. The summed E-state index contributed by atoms with van der Waals surface area (Å²) in [5.74, 6) is 2.79. The van der Waals surface area contributed by atoms with E-state index in [0.717, 1.165) is 17.8 Å². The van der Waals surface area contributed by atoms with Gasteiger partial charge in [0, 0.05) is 26.2 Å². The van der Waals surface area contributed by atoms with Crippen LogP contribution in [0.5, 0.6) is 0 Å². The lowest BCUT2D eigenvalue weighted by Gasteiger charge is -2.39. The molecule has 0 amide bonds. The molecule has 6 heteroatoms. The van der Waals surface area contributed by atoms with E-state index < -0.39 is 14.6 Å². The summed E-state index contributed by atoms with van der Waals surface area (Å²) in [6.07, 6.45) is 8.20. The Bertz CT molecular complexity index is 564. The smallest absolute Gasteiger partial charge is 0.193 e. The fourth-order valence-corrected chi connectivity index (χ4v) is 5.62. The summed E-state index contributed by atoms with van der Waals surface area (Å²) in [5, 5.41) is 3.60. The van der Waals surface area contributed by atoms with Crippen molar-refractivity contribution in [1.29, 1.82) is 0 Å². The van der Waals surface area contributed by atoms with Crippen LogP contribution in [0.4, 0.5) is 0 Å². The van der Waals surface area contributed by atoms with Crippen molar-refractivity contribution < 1.29 is 8.42 Å². The highest BCUT2D eigenvalue weighted by Gasteiger charge is 2.45. The van der Waals surface area contributed by atoms with E-state index in [2.05, 4.69) is 15.2 Å². The van der Waals surface area contributed by atoms with Crippen molar-refractivity contribution in [1.82, 2.24) is 10.2 Å². The number of hydrogen-bond donors (Lipinski definition) is 1. The molecule has 3 aliphatic rings. The van der Waals surface area contributed by atoms with Crippen LogP contribution >= 0.6 is 0 Å². The maximum Gasteiger partial charge on any atom is 0.193 e. The van der Waals surface area contributed by atoms with Gasteiger partial charge in [0.15, 0.2) is 15.8 Å². The van der Waals surface area contributed by atoms with Crippen LogP contribution in [0, 0.1) is 11.8 Å². The first-order valence-electron chi connectivity index (χ1n) is 9.04. The van der Waals surface area contributed by atoms with Crippen LogP contribution in [0.2, 0.25) is 0 Å². The Hall–Kier alpha value is -0.780. The van der Waals surface area contributed by atoms with Crippen LogP contribution in [-0.2, 0) is 9.84 Å². The van der Waals surface area contributed by atoms with Gasteiger partial charge in [0.1, 0.15) is 0 Å². The van der Waals surface area contributed by atoms with Crippen LogP contribution in [0.3, 0.4) is 0 Å². The summed E-state index contributed by atoms with van der Waals surface area (Å²) in [7, 11) is -1.20. The van der Waals surface area contributed by atoms with Crippen molar-refractivity contribution in [3.05, 3.63) is 0 Å². The predicted molar refractivity (Wildman–Crippen MR) is 94.4 cm³/mol. The van der Waals surface area contributed by atoms with Gasteiger partial charge >= 0.3 is 0 Å². The number of aliphatic imine (C=N–C) groups is 1. The van der Waals surface area contributed by atoms with Gasteiger partial charge < -0.3 is 10.2 Å². The second-order valence-electron chi connectivity index (χ2n) is 8.10. The summed E-state index contributed by atoms with van der Waals surface area (Å²) in [4.78, 5) is 6.54. The van der Waals surface area contributed by atoms with E-state index >= 15 is 0 Å². The molecule has 2 unspecified atom stereocenters. The van der Waals surface area contributed by atoms with Crippen molar-refractivity contribution in [2.45, 2.75) is 63.2 Å². The Labute approximate surface area is 140 Å². The SMILES string of the molecule is CN=C(NC1CC1C1CCCCC1)N1CCS(=O)(=O)C(C)(C)C1. The lowest BCUT2D eigenvalue weighted by molar-refractivity contribution is 0.312. The van der Waals surface area contributed by atoms with Gasteiger partial charge in [-0.1, -0.05) is 32.1 Å². The zero-order valence-corrected chi connectivity index (χ0v) is 15.5. The van der Waals surface area contributed by atoms with Crippen LogP contribution in [0.15, 0.2) is 4.99 Å². The monoisotopic (exact) mass is 341 g/mol. The Morgan fingerprint density at radius 2 is 1.91 bits per heavy atom. The molecular weight excluding hydrogens is 310 g/mol. The average Bonchev–Trinajstić information content (AvgIpc) is 3.28. The van der Waals surface area contributed by atoms with Gasteiger partial charge in [-0.2, -0.15) is 0 Å². The van der Waals surface area contributed by atoms with Gasteiger partial charge in [-0.05, 0) is 32.1 Å². The summed E-state index contributed by atoms with van der Waals surface area (Å²) < 4.78 is 23.6. The first-order valence-corrected chi connectivity index (χ1v) is 10.7. The maximum atomic E-state index is 12.2. The molecule has 1 N–H and O–H groups in total. The van der Waals surface area contributed by atoms with E-state index in [1.165, 1.54) is 38.5 Å². The molecule has 3 rings (SSSR count). The highest BCUT2D eigenvalue weighted by atomic mass is 32.2. The van der Waals surface area contributed by atoms with E-state index in [0.29, 0.717) is 19.1 Å². The Balaban J connectivity index is 1.57. The van der Waals surface area contributed by atoms with Gasteiger partial charge in [-0.3, -0.25) is 4.99 Å². The molecule has 0 spiro atoms. The number of guanidine groups is 1. The van der Waals surface area contributed by atoms with Gasteiger partial charge in [-0.15, -0.1) is 0 Å². The van der Waals surface area contributed by atoms with Crippen LogP contribution in [0.1, 0.15) is 52.4 Å². The largest absolute Gasteiger partial charge is 0.353 e. The number of nitrogens with zero attached hydrogens (tertiary/aromatic N) is 2. The lowest BCUT2D eigenvalue weighted by atomic mass is 9.85. The summed E-state index contributed by atoms with van der Waals surface area (Å²) in [5.41, 5.74) is 0. The average molecular weight is 342 g/mol. The molecule has 23 heavy (non-hydrogen) atoms. The Kier molecular flexibility index (Phi) is 4.64. The minimum absolute atomic E-state index is 0.220. The van der Waals surface area contributed by atoms with Crippen LogP contribution < -0.4 is 5.32 Å². The third-order valence-electron chi connectivity index (χ3n) is 5.96. The maximum absolute atomic E-state index is 12.2. The first kappa shape index (κ1) is 17.1. The Morgan fingerprint density at radius 1 is 1.22 bits per heavy atom. The van der Waals surface area contributed by atoms with Gasteiger partial charge in [0.2, 0.25) is 0 Å². The van der Waals surface area contributed by atoms with E-state index in [1.54, 1.807) is 7.05 Å². The highest BCUT2D eigenvalue weighted by molar-refractivity contribution is 7.92. The van der Waals surface area contributed by atoms with Crippen molar-refractivity contribution in [2.75, 3.05) is 25.9 Å². The Morgan fingerprint density at radius 3 is 2.52 bits per heavy atom. The molecule has 0 bridgehead atoms. The highest BCUT2D eigenvalue weighted by Crippen LogP contribution is 2.44. The number of rotatable bonds is 2. The molecule has 2 atom stereocenters. The second-order valence-corrected chi connectivity index (χ2v) is 10.8. The summed E-state index contributed by atoms with van der Waals surface area (Å²) in [6.45, 7) is 4.72. The van der Waals surface area contributed by atoms with Crippen LogP contribution in [-0.4, -0.2) is 56.0 Å². The van der Waals surface area contributed by atoms with Crippen molar-refractivity contribution in [3.8, 4) is 0 Å². The quantitative estimate of drug-likeness (QED) is 0.617. The second kappa shape index (κ2) is 6.26. The third-order valence-corrected chi connectivity index (χ3v) is 8.50. The predicted octanol–water partition coefficient (Wildman–Crippen LogP) is 2.04. The van der Waals surface area contributed by atoms with Gasteiger partial charge in [0.25, 0.3) is 0 Å². The molecule has 1 saturated heterocycles. The molecule has 0 radical (unpaired) electrons. The van der Waals surface area contributed by atoms with Crippen molar-refractivity contribution in [2.24, 2.45) is 16.8 Å². The zero-order valence-electron chi connectivity index (χ0n) is 14.7. The molecule has 0 aromatic carbocycles. The topological polar surface area (TPSA) is 61.8 Å². The standard InChI is InChI=1S/C17H31N3O2S/c1-17(2)12-20(9-10-23(17,21)22)16(18-3)19-15-11-14(15)13-7-5-4-6-8-13/h13-15H,4-12H2,1-3H3,(H,18,19). The van der Waals surface area contributed by atoms with Gasteiger partial charge in [-0.25, -0.2) is 8.42 Å². The first-order chi connectivity index (χ1) is 10.8. The minimum Gasteiger partial charge on any atom is -0.353 e. The van der Waals surface area contributed by atoms with E-state index in [1.807, 2.05) is 13.8 Å². The van der Waals surface area contributed by atoms with E-state index in [9.17, 15) is 8.42 Å². The molecule has 132 valence electrons. The molecule has 5 nitrogen and oxygen atoms in total. The molecule has 0 aromatic heterocycles. The van der Waals surface area contributed by atoms with E-state index in [-0.39, 0.29) is 5.75 Å². The van der Waals surface area contributed by atoms with Crippen molar-refractivity contribution >= 4 is 15.8 Å². The number of hydrogen-bond acceptors (Lipinski definition) is 3. The van der Waals surface area contributed by atoms with Gasteiger partial charge in [0.05, 0.1) is 10.5 Å². The molecule has 0 aromatic rings. The molecule has 2 saturated carbocycles.